The van der Waals surface area contributed by atoms with Crippen LogP contribution >= 0.6 is 15.9 Å². The van der Waals surface area contributed by atoms with Crippen molar-refractivity contribution in [3.8, 4) is 0 Å². The number of carbonyl (C=O) groups excluding carboxylic acids is 2. The molecule has 96 valence electrons. The van der Waals surface area contributed by atoms with Crippen molar-refractivity contribution in [3.63, 3.8) is 0 Å². The van der Waals surface area contributed by atoms with E-state index in [0.717, 1.165) is 4.47 Å². The fourth-order valence-corrected chi connectivity index (χ4v) is 1.97. The Morgan fingerprint density at radius 2 is 1.94 bits per heavy atom. The molecule has 0 aromatic heterocycles. The lowest BCUT2D eigenvalue weighted by molar-refractivity contribution is -0.152. The normalized spacial score (nSPS) is 15.9. The number of hydrogen-bond acceptors (Lipinski definition) is 3. The van der Waals surface area contributed by atoms with Crippen molar-refractivity contribution in [1.82, 2.24) is 0 Å². The summed E-state index contributed by atoms with van der Waals surface area (Å²) in [7, 11) is 0. The fourth-order valence-electron chi connectivity index (χ4n) is 1.70. The Morgan fingerprint density at radius 3 is 2.44 bits per heavy atom. The molecule has 1 fully saturated rings. The molecule has 0 aliphatic heterocycles. The molecule has 1 aromatic rings. The monoisotopic (exact) mass is 311 g/mol. The molecule has 0 spiro atoms. The van der Waals surface area contributed by atoms with E-state index >= 15 is 0 Å². The zero-order valence-electron chi connectivity index (χ0n) is 10.0. The first-order valence-corrected chi connectivity index (χ1v) is 6.62. The molecule has 1 saturated carbocycles. The Balaban J connectivity index is 2.04. The molecular weight excluding hydrogens is 298 g/mol. The second kappa shape index (κ2) is 5.10. The van der Waals surface area contributed by atoms with Gasteiger partial charge < -0.3 is 10.1 Å². The number of amides is 1. The zero-order chi connectivity index (χ0) is 13.2. The number of benzene rings is 1. The zero-order valence-corrected chi connectivity index (χ0v) is 11.6. The van der Waals surface area contributed by atoms with E-state index in [2.05, 4.69) is 21.2 Å². The molecule has 0 heterocycles. The molecule has 0 atom stereocenters. The van der Waals surface area contributed by atoms with Crippen LogP contribution in [0, 0.1) is 5.41 Å². The van der Waals surface area contributed by atoms with Crippen LogP contribution < -0.4 is 5.32 Å². The van der Waals surface area contributed by atoms with Crippen molar-refractivity contribution < 1.29 is 14.3 Å². The van der Waals surface area contributed by atoms with E-state index in [1.165, 1.54) is 0 Å². The van der Waals surface area contributed by atoms with Crippen molar-refractivity contribution >= 4 is 33.5 Å². The Labute approximate surface area is 114 Å². The van der Waals surface area contributed by atoms with Crippen molar-refractivity contribution in [1.29, 1.82) is 0 Å². The molecule has 0 bridgehead atoms. The van der Waals surface area contributed by atoms with Crippen molar-refractivity contribution in [2.75, 3.05) is 11.9 Å². The standard InChI is InChI=1S/C13H14BrNO3/c1-2-18-12(17)13(7-8-13)11(16)15-10-5-3-9(14)4-6-10/h3-6H,2,7-8H2,1H3,(H,15,16). The Bertz CT molecular complexity index is 466. The van der Waals surface area contributed by atoms with Gasteiger partial charge in [0.25, 0.3) is 0 Å². The summed E-state index contributed by atoms with van der Waals surface area (Å²) in [6, 6.07) is 7.23. The van der Waals surface area contributed by atoms with E-state index in [9.17, 15) is 9.59 Å². The largest absolute Gasteiger partial charge is 0.465 e. The third-order valence-corrected chi connectivity index (χ3v) is 3.48. The molecule has 1 N–H and O–H groups in total. The highest BCUT2D eigenvalue weighted by molar-refractivity contribution is 9.10. The number of halogens is 1. The smallest absolute Gasteiger partial charge is 0.321 e. The van der Waals surface area contributed by atoms with Gasteiger partial charge in [-0.05, 0) is 44.0 Å². The highest BCUT2D eigenvalue weighted by atomic mass is 79.9. The Morgan fingerprint density at radius 1 is 1.33 bits per heavy atom. The van der Waals surface area contributed by atoms with Crippen molar-refractivity contribution in [2.24, 2.45) is 5.41 Å². The van der Waals surface area contributed by atoms with Gasteiger partial charge >= 0.3 is 5.97 Å². The highest BCUT2D eigenvalue weighted by Gasteiger charge is 2.58. The van der Waals surface area contributed by atoms with E-state index in [0.29, 0.717) is 25.1 Å². The third kappa shape index (κ3) is 2.56. The molecule has 2 rings (SSSR count). The molecule has 5 heteroatoms. The minimum Gasteiger partial charge on any atom is -0.465 e. The number of anilines is 1. The number of carbonyl (C=O) groups is 2. The lowest BCUT2D eigenvalue weighted by Crippen LogP contribution is -2.32. The summed E-state index contributed by atoms with van der Waals surface area (Å²) in [4.78, 5) is 23.8. The van der Waals surface area contributed by atoms with Gasteiger partial charge in [-0.25, -0.2) is 0 Å². The van der Waals surface area contributed by atoms with Crippen molar-refractivity contribution in [2.45, 2.75) is 19.8 Å². The highest BCUT2D eigenvalue weighted by Crippen LogP contribution is 2.47. The predicted octanol–water partition coefficient (Wildman–Crippen LogP) is 2.73. The van der Waals surface area contributed by atoms with Gasteiger partial charge in [0.05, 0.1) is 6.61 Å². The molecule has 4 nitrogen and oxygen atoms in total. The topological polar surface area (TPSA) is 55.4 Å². The minimum absolute atomic E-state index is 0.275. The number of nitrogens with one attached hydrogen (secondary N) is 1. The van der Waals surface area contributed by atoms with Gasteiger partial charge in [0, 0.05) is 10.2 Å². The summed E-state index contributed by atoms with van der Waals surface area (Å²) in [6.45, 7) is 2.03. The van der Waals surface area contributed by atoms with Crippen LogP contribution in [0.25, 0.3) is 0 Å². The molecule has 0 unspecified atom stereocenters. The molecule has 1 aliphatic rings. The van der Waals surface area contributed by atoms with Crippen LogP contribution in [-0.4, -0.2) is 18.5 Å². The van der Waals surface area contributed by atoms with Gasteiger partial charge in [0.2, 0.25) is 5.91 Å². The summed E-state index contributed by atoms with van der Waals surface area (Å²) in [5.41, 5.74) is -0.276. The second-order valence-corrected chi connectivity index (χ2v) is 5.18. The first-order valence-electron chi connectivity index (χ1n) is 5.83. The summed E-state index contributed by atoms with van der Waals surface area (Å²) < 4.78 is 5.88. The average Bonchev–Trinajstić information content (AvgIpc) is 3.14. The van der Waals surface area contributed by atoms with E-state index in [4.69, 9.17) is 4.74 Å². The van der Waals surface area contributed by atoms with Gasteiger partial charge in [0.15, 0.2) is 0 Å². The lowest BCUT2D eigenvalue weighted by atomic mass is 10.1. The van der Waals surface area contributed by atoms with Crippen LogP contribution in [0.5, 0.6) is 0 Å². The Hall–Kier alpha value is -1.36. The number of esters is 1. The molecule has 1 aliphatic carbocycles. The van der Waals surface area contributed by atoms with Crippen LogP contribution in [0.2, 0.25) is 0 Å². The van der Waals surface area contributed by atoms with Crippen LogP contribution in [0.4, 0.5) is 5.69 Å². The number of rotatable bonds is 4. The predicted molar refractivity (Wildman–Crippen MR) is 71.1 cm³/mol. The molecule has 0 radical (unpaired) electrons. The van der Waals surface area contributed by atoms with E-state index in [-0.39, 0.29) is 5.91 Å². The van der Waals surface area contributed by atoms with Gasteiger partial charge in [-0.2, -0.15) is 0 Å². The molecule has 0 saturated heterocycles. The number of ether oxygens (including phenoxy) is 1. The lowest BCUT2D eigenvalue weighted by Gasteiger charge is -2.13. The average molecular weight is 312 g/mol. The molecular formula is C13H14BrNO3. The second-order valence-electron chi connectivity index (χ2n) is 4.26. The fraction of sp³-hybridized carbons (Fsp3) is 0.385. The van der Waals surface area contributed by atoms with Gasteiger partial charge in [-0.1, -0.05) is 15.9 Å². The molecule has 1 aromatic carbocycles. The van der Waals surface area contributed by atoms with Gasteiger partial charge in [0.1, 0.15) is 5.41 Å². The SMILES string of the molecule is CCOC(=O)C1(C(=O)Nc2ccc(Br)cc2)CC1. The van der Waals surface area contributed by atoms with Gasteiger partial charge in [-0.3, -0.25) is 9.59 Å². The number of hydrogen-bond donors (Lipinski definition) is 1. The first-order chi connectivity index (χ1) is 8.58. The quantitative estimate of drug-likeness (QED) is 0.687. The maximum atomic E-state index is 12.1. The van der Waals surface area contributed by atoms with Crippen LogP contribution in [0.3, 0.4) is 0 Å². The van der Waals surface area contributed by atoms with Crippen LogP contribution in [-0.2, 0) is 14.3 Å². The molecule has 1 amide bonds. The van der Waals surface area contributed by atoms with Crippen molar-refractivity contribution in [3.05, 3.63) is 28.7 Å². The van der Waals surface area contributed by atoms with E-state index < -0.39 is 11.4 Å². The van der Waals surface area contributed by atoms with Crippen LogP contribution in [0.1, 0.15) is 19.8 Å². The minimum atomic E-state index is -0.955. The third-order valence-electron chi connectivity index (χ3n) is 2.95. The van der Waals surface area contributed by atoms with Gasteiger partial charge in [-0.15, -0.1) is 0 Å². The summed E-state index contributed by atoms with van der Waals surface area (Å²) in [5, 5.41) is 2.75. The molecule has 18 heavy (non-hydrogen) atoms. The summed E-state index contributed by atoms with van der Waals surface area (Å²) in [5.74, 6) is -0.692. The van der Waals surface area contributed by atoms with Crippen LogP contribution in [0.15, 0.2) is 28.7 Å². The maximum Gasteiger partial charge on any atom is 0.321 e. The summed E-state index contributed by atoms with van der Waals surface area (Å²) >= 11 is 3.32. The summed E-state index contributed by atoms with van der Waals surface area (Å²) in [6.07, 6.45) is 1.13. The maximum absolute atomic E-state index is 12.1. The van der Waals surface area contributed by atoms with E-state index in [1.54, 1.807) is 19.1 Å². The van der Waals surface area contributed by atoms with E-state index in [1.807, 2.05) is 12.1 Å². The Kier molecular flexibility index (Phi) is 3.71. The first kappa shape index (κ1) is 13.1.